The van der Waals surface area contributed by atoms with E-state index in [-0.39, 0.29) is 43.5 Å². The quantitative estimate of drug-likeness (QED) is 0.109. The number of benzene rings is 3. The molecule has 2 aliphatic carbocycles. The minimum absolute atomic E-state index is 0. The number of carbonyl (C=O) groups excluding carboxylic acids is 1. The number of rotatable bonds is 5. The number of aliphatic hydroxyl groups is 1. The molecule has 2 saturated carbocycles. The molecule has 46 heavy (non-hydrogen) atoms. The van der Waals surface area contributed by atoms with Crippen LogP contribution in [0.4, 0.5) is 0 Å². The Morgan fingerprint density at radius 2 is 1.65 bits per heavy atom. The Balaban J connectivity index is 0.000000302. The third kappa shape index (κ3) is 7.02. The first-order chi connectivity index (χ1) is 21.6. The predicted molar refractivity (Wildman–Crippen MR) is 186 cm³/mol. The first-order valence-corrected chi connectivity index (χ1v) is 16.8. The van der Waals surface area contributed by atoms with Gasteiger partial charge in [-0.1, -0.05) is 94.8 Å². The van der Waals surface area contributed by atoms with Crippen molar-refractivity contribution >= 4 is 38.5 Å². The summed E-state index contributed by atoms with van der Waals surface area (Å²) in [7, 11) is 0. The molecule has 7 rings (SSSR count). The minimum atomic E-state index is -0.0316. The van der Waals surface area contributed by atoms with E-state index in [9.17, 15) is 9.90 Å². The number of ketones is 1. The Bertz CT molecular complexity index is 1870. The van der Waals surface area contributed by atoms with Gasteiger partial charge in [-0.05, 0) is 84.0 Å². The number of furan rings is 1. The monoisotopic (exact) mass is 793 g/mol. The number of allylic oxidation sites excluding steroid dienone is 2. The van der Waals surface area contributed by atoms with E-state index in [4.69, 9.17) is 9.40 Å². The zero-order valence-electron chi connectivity index (χ0n) is 27.8. The number of aryl methyl sites for hydroxylation is 1. The van der Waals surface area contributed by atoms with Gasteiger partial charge >= 0.3 is 0 Å². The Morgan fingerprint density at radius 1 is 0.935 bits per heavy atom. The molecule has 1 radical (unpaired) electrons. The molecule has 2 heterocycles. The Kier molecular flexibility index (Phi) is 10.5. The van der Waals surface area contributed by atoms with Crippen LogP contribution in [-0.2, 0) is 24.9 Å². The van der Waals surface area contributed by atoms with Crippen LogP contribution in [0.3, 0.4) is 0 Å². The fourth-order valence-corrected chi connectivity index (χ4v) is 7.38. The van der Waals surface area contributed by atoms with Gasteiger partial charge < -0.3 is 14.5 Å². The van der Waals surface area contributed by atoms with Gasteiger partial charge in [0.1, 0.15) is 5.58 Å². The summed E-state index contributed by atoms with van der Waals surface area (Å²) >= 11 is 0. The second kappa shape index (κ2) is 14.2. The number of nitrogens with zero attached hydrogens (tertiary/aromatic N) is 1. The molecular weight excluding hydrogens is 747 g/mol. The fourth-order valence-electron chi connectivity index (χ4n) is 7.38. The van der Waals surface area contributed by atoms with Crippen molar-refractivity contribution in [1.29, 1.82) is 0 Å². The summed E-state index contributed by atoms with van der Waals surface area (Å²) in [4.78, 5) is 15.9. The van der Waals surface area contributed by atoms with Crippen molar-refractivity contribution in [3.05, 3.63) is 89.8 Å². The number of hydrogen-bond donors (Lipinski definition) is 1. The number of hydrogen-bond acceptors (Lipinski definition) is 4. The van der Waals surface area contributed by atoms with E-state index in [1.165, 1.54) is 73.8 Å². The van der Waals surface area contributed by atoms with Crippen LogP contribution in [0.15, 0.2) is 77.0 Å². The van der Waals surface area contributed by atoms with Gasteiger partial charge in [0.05, 0.1) is 11.3 Å². The van der Waals surface area contributed by atoms with Crippen LogP contribution in [-0.4, -0.2) is 15.9 Å². The van der Waals surface area contributed by atoms with Gasteiger partial charge in [-0.15, -0.1) is 17.7 Å². The number of pyridine rings is 1. The molecule has 2 fully saturated rings. The first-order valence-electron chi connectivity index (χ1n) is 16.8. The Labute approximate surface area is 287 Å². The smallest absolute Gasteiger partial charge is 0.161 e. The average Bonchev–Trinajstić information content (AvgIpc) is 3.65. The topological polar surface area (TPSA) is 63.3 Å². The molecule has 0 unspecified atom stereocenters. The maximum atomic E-state index is 11.0. The molecule has 3 aromatic carbocycles. The molecular formula is C41H46IrNO3-. The zero-order valence-corrected chi connectivity index (χ0v) is 30.2. The molecule has 0 amide bonds. The summed E-state index contributed by atoms with van der Waals surface area (Å²) in [6, 6.07) is 23.2. The molecule has 1 spiro atoms. The van der Waals surface area contributed by atoms with Crippen LogP contribution < -0.4 is 0 Å². The van der Waals surface area contributed by atoms with E-state index in [0.717, 1.165) is 38.8 Å². The van der Waals surface area contributed by atoms with Gasteiger partial charge in [-0.25, -0.2) is 0 Å². The third-order valence-corrected chi connectivity index (χ3v) is 10.2. The van der Waals surface area contributed by atoms with Crippen LogP contribution >= 0.6 is 0 Å². The summed E-state index contributed by atoms with van der Waals surface area (Å²) in [5.74, 6) is 0.855. The zero-order chi connectivity index (χ0) is 31.7. The number of carbonyl (C=O) groups is 1. The summed E-state index contributed by atoms with van der Waals surface area (Å²) in [5, 5.41) is 13.9. The molecule has 243 valence electrons. The van der Waals surface area contributed by atoms with Gasteiger partial charge in [0.2, 0.25) is 0 Å². The van der Waals surface area contributed by atoms with E-state index in [1.54, 1.807) is 0 Å². The van der Waals surface area contributed by atoms with Crippen molar-refractivity contribution in [2.75, 3.05) is 0 Å². The van der Waals surface area contributed by atoms with E-state index in [2.05, 4.69) is 55.5 Å². The van der Waals surface area contributed by atoms with E-state index >= 15 is 0 Å². The van der Waals surface area contributed by atoms with Crippen molar-refractivity contribution in [3.8, 4) is 11.3 Å². The van der Waals surface area contributed by atoms with E-state index < -0.39 is 0 Å². The van der Waals surface area contributed by atoms with Crippen LogP contribution in [0.25, 0.3) is 44.0 Å². The molecule has 0 aliphatic heterocycles. The normalized spacial score (nSPS) is 16.7. The van der Waals surface area contributed by atoms with Crippen LogP contribution in [0, 0.1) is 30.2 Å². The van der Waals surface area contributed by atoms with E-state index in [0.29, 0.717) is 11.3 Å². The van der Waals surface area contributed by atoms with Crippen molar-refractivity contribution in [2.24, 2.45) is 17.3 Å². The summed E-state index contributed by atoms with van der Waals surface area (Å²) in [6.07, 6.45) is 14.6. The maximum absolute atomic E-state index is 11.0. The van der Waals surface area contributed by atoms with E-state index in [1.807, 2.05) is 46.0 Å². The second-order valence-electron chi connectivity index (χ2n) is 14.1. The third-order valence-electron chi connectivity index (χ3n) is 10.2. The molecule has 5 aromatic rings. The molecule has 0 atom stereocenters. The van der Waals surface area contributed by atoms with Crippen molar-refractivity contribution in [1.82, 2.24) is 4.98 Å². The maximum Gasteiger partial charge on any atom is 0.161 e. The fraction of sp³-hybridized carbons (Fsp3) is 0.415. The van der Waals surface area contributed by atoms with Gasteiger partial charge in [-0.3, -0.25) is 4.79 Å². The molecule has 4 nitrogen and oxygen atoms in total. The summed E-state index contributed by atoms with van der Waals surface area (Å²) in [5.41, 5.74) is 7.01. The number of para-hydroxylation sites is 1. The minimum Gasteiger partial charge on any atom is -0.512 e. The standard InChI is InChI=1S/C32H30NO.C9H16O2.Ir/c1-21-18-27-26-6-2-3-7-29(26)34-31(27)28(19-21)30-25-9-8-23(20-24(25)12-17-33-30)22-10-15-32(16-11-22)13-4-5-14-32;1-6(2)8(10)5-9(11)7(3)4;/h2-3,6-9,12,17-18,20,22H,4-5,10-11,13-16H2,1H3;5-7,10H,1-4H3;/q-1;;/b;8-5-;. The average molecular weight is 793 g/mol. The van der Waals surface area contributed by atoms with Crippen molar-refractivity contribution in [3.63, 3.8) is 0 Å². The summed E-state index contributed by atoms with van der Waals surface area (Å²) < 4.78 is 6.34. The Morgan fingerprint density at radius 3 is 2.35 bits per heavy atom. The molecule has 2 aliphatic rings. The number of fused-ring (bicyclic) bond motifs is 4. The molecule has 0 saturated heterocycles. The Hall–Kier alpha value is -3.27. The number of aliphatic hydroxyl groups excluding tert-OH is 1. The molecule has 0 bridgehead atoms. The summed E-state index contributed by atoms with van der Waals surface area (Å²) in [6.45, 7) is 9.42. The largest absolute Gasteiger partial charge is 0.512 e. The SMILES string of the molecule is CC(C)C(=O)/C=C(\O)C(C)C.Cc1[c-]c(-c2nccc3cc(C4CCC5(CCCC5)CC4)ccc23)c2oc3ccccc3c2c1.[Ir]. The van der Waals surface area contributed by atoms with Gasteiger partial charge in [0.15, 0.2) is 5.78 Å². The van der Waals surface area contributed by atoms with Gasteiger partial charge in [0, 0.05) is 49.6 Å². The number of aromatic nitrogens is 1. The van der Waals surface area contributed by atoms with Crippen LogP contribution in [0.2, 0.25) is 0 Å². The predicted octanol–water partition coefficient (Wildman–Crippen LogP) is 11.4. The molecule has 2 aromatic heterocycles. The molecule has 1 N–H and O–H groups in total. The first kappa shape index (κ1) is 34.1. The molecule has 5 heteroatoms. The van der Waals surface area contributed by atoms with Crippen molar-refractivity contribution in [2.45, 2.75) is 91.9 Å². The van der Waals surface area contributed by atoms with Crippen LogP contribution in [0.5, 0.6) is 0 Å². The van der Waals surface area contributed by atoms with Gasteiger partial charge in [0.25, 0.3) is 0 Å². The van der Waals surface area contributed by atoms with Gasteiger partial charge in [-0.2, -0.15) is 0 Å². The van der Waals surface area contributed by atoms with Crippen LogP contribution in [0.1, 0.15) is 96.1 Å². The second-order valence-corrected chi connectivity index (χ2v) is 14.1. The van der Waals surface area contributed by atoms with Crippen molar-refractivity contribution < 1.29 is 34.4 Å².